The van der Waals surface area contributed by atoms with Crippen LogP contribution in [0, 0.1) is 5.92 Å². The second-order valence-electron chi connectivity index (χ2n) is 4.80. The average Bonchev–Trinajstić information content (AvgIpc) is 2.81. The van der Waals surface area contributed by atoms with Gasteiger partial charge in [-0.3, -0.25) is 0 Å². The van der Waals surface area contributed by atoms with Gasteiger partial charge in [0.05, 0.1) is 13.3 Å². The molecule has 2 N–H and O–H groups in total. The van der Waals surface area contributed by atoms with E-state index in [0.717, 1.165) is 6.42 Å². The molecule has 2 unspecified atom stereocenters. The standard InChI is InChI=1S/C12H19N3O3S/c1-9-5-10(6-13)8-15(9)19(16,17)11-3-4-12(18-2)14-7-11/h3-4,7,9-10H,5-6,8,13H2,1-2H3. The lowest BCUT2D eigenvalue weighted by atomic mass is 10.1. The summed E-state index contributed by atoms with van der Waals surface area (Å²) in [7, 11) is -2.01. The Bertz CT molecular complexity index is 530. The van der Waals surface area contributed by atoms with Crippen LogP contribution in [0.3, 0.4) is 0 Å². The van der Waals surface area contributed by atoms with Gasteiger partial charge < -0.3 is 10.5 Å². The molecule has 1 fully saturated rings. The van der Waals surface area contributed by atoms with Gasteiger partial charge in [0.2, 0.25) is 15.9 Å². The number of nitrogens with two attached hydrogens (primary N) is 1. The molecule has 1 saturated heterocycles. The van der Waals surface area contributed by atoms with E-state index in [1.54, 1.807) is 6.07 Å². The molecule has 2 atom stereocenters. The molecule has 19 heavy (non-hydrogen) atoms. The molecule has 0 saturated carbocycles. The molecule has 1 aromatic heterocycles. The van der Waals surface area contributed by atoms with E-state index < -0.39 is 10.0 Å². The Kier molecular flexibility index (Phi) is 4.07. The van der Waals surface area contributed by atoms with Gasteiger partial charge in [-0.15, -0.1) is 0 Å². The third kappa shape index (κ3) is 2.72. The predicted octanol–water partition coefficient (Wildman–Crippen LogP) is 0.448. The van der Waals surface area contributed by atoms with Gasteiger partial charge in [-0.25, -0.2) is 13.4 Å². The highest BCUT2D eigenvalue weighted by atomic mass is 32.2. The Morgan fingerprint density at radius 3 is 2.74 bits per heavy atom. The van der Waals surface area contributed by atoms with Gasteiger partial charge in [0.15, 0.2) is 0 Å². The zero-order chi connectivity index (χ0) is 14.0. The number of methoxy groups -OCH3 is 1. The van der Waals surface area contributed by atoms with Gasteiger partial charge in [-0.2, -0.15) is 4.31 Å². The number of rotatable bonds is 4. The van der Waals surface area contributed by atoms with E-state index in [1.165, 1.54) is 23.7 Å². The summed E-state index contributed by atoms with van der Waals surface area (Å²) in [6, 6.07) is 3.04. The van der Waals surface area contributed by atoms with Crippen LogP contribution in [0.5, 0.6) is 5.88 Å². The molecule has 0 radical (unpaired) electrons. The summed E-state index contributed by atoms with van der Waals surface area (Å²) in [6.45, 7) is 2.90. The maximum Gasteiger partial charge on any atom is 0.244 e. The van der Waals surface area contributed by atoms with Gasteiger partial charge in [0.25, 0.3) is 0 Å². The molecule has 0 bridgehead atoms. The maximum atomic E-state index is 12.5. The number of pyridine rings is 1. The molecule has 0 aliphatic carbocycles. The molecule has 106 valence electrons. The van der Waals surface area contributed by atoms with E-state index in [4.69, 9.17) is 10.5 Å². The van der Waals surface area contributed by atoms with Crippen molar-refractivity contribution in [2.75, 3.05) is 20.2 Å². The fourth-order valence-corrected chi connectivity index (χ4v) is 4.05. The monoisotopic (exact) mass is 285 g/mol. The summed E-state index contributed by atoms with van der Waals surface area (Å²) in [5.74, 6) is 0.629. The molecular weight excluding hydrogens is 266 g/mol. The molecular formula is C12H19N3O3S. The minimum absolute atomic E-state index is 0.0272. The van der Waals surface area contributed by atoms with Gasteiger partial charge in [0, 0.05) is 18.7 Å². The molecule has 0 aromatic carbocycles. The molecule has 1 aliphatic rings. The van der Waals surface area contributed by atoms with Crippen molar-refractivity contribution in [3.8, 4) is 5.88 Å². The van der Waals surface area contributed by atoms with Gasteiger partial charge >= 0.3 is 0 Å². The number of aromatic nitrogens is 1. The van der Waals surface area contributed by atoms with E-state index in [1.807, 2.05) is 6.92 Å². The average molecular weight is 285 g/mol. The zero-order valence-electron chi connectivity index (χ0n) is 11.1. The van der Waals surface area contributed by atoms with Crippen LogP contribution in [0.25, 0.3) is 0 Å². The molecule has 0 spiro atoms. The highest BCUT2D eigenvalue weighted by molar-refractivity contribution is 7.89. The van der Waals surface area contributed by atoms with Crippen LogP contribution < -0.4 is 10.5 Å². The van der Waals surface area contributed by atoms with Crippen molar-refractivity contribution in [2.24, 2.45) is 11.7 Å². The highest BCUT2D eigenvalue weighted by Gasteiger charge is 2.37. The van der Waals surface area contributed by atoms with Crippen molar-refractivity contribution in [1.82, 2.24) is 9.29 Å². The minimum Gasteiger partial charge on any atom is -0.481 e. The summed E-state index contributed by atoms with van der Waals surface area (Å²) in [5.41, 5.74) is 5.63. The summed E-state index contributed by atoms with van der Waals surface area (Å²) < 4.78 is 31.5. The van der Waals surface area contributed by atoms with Crippen LogP contribution >= 0.6 is 0 Å². The van der Waals surface area contributed by atoms with Crippen molar-refractivity contribution in [2.45, 2.75) is 24.3 Å². The summed E-state index contributed by atoms with van der Waals surface area (Å²) >= 11 is 0. The van der Waals surface area contributed by atoms with E-state index in [0.29, 0.717) is 19.0 Å². The first-order valence-electron chi connectivity index (χ1n) is 6.21. The summed E-state index contributed by atoms with van der Waals surface area (Å²) in [4.78, 5) is 4.14. The zero-order valence-corrected chi connectivity index (χ0v) is 11.9. The van der Waals surface area contributed by atoms with Crippen LogP contribution in [-0.4, -0.2) is 43.9 Å². The molecule has 0 amide bonds. The lowest BCUT2D eigenvalue weighted by Gasteiger charge is -2.20. The fraction of sp³-hybridized carbons (Fsp3) is 0.583. The van der Waals surface area contributed by atoms with Gasteiger partial charge in [0.1, 0.15) is 4.90 Å². The Hall–Kier alpha value is -1.18. The van der Waals surface area contributed by atoms with E-state index in [9.17, 15) is 8.42 Å². The lowest BCUT2D eigenvalue weighted by molar-refractivity contribution is 0.394. The molecule has 2 rings (SSSR count). The van der Waals surface area contributed by atoms with Gasteiger partial charge in [-0.05, 0) is 31.9 Å². The topological polar surface area (TPSA) is 85.5 Å². The van der Waals surface area contributed by atoms with Crippen molar-refractivity contribution in [3.05, 3.63) is 18.3 Å². The highest BCUT2D eigenvalue weighted by Crippen LogP contribution is 2.28. The quantitative estimate of drug-likeness (QED) is 0.868. The lowest BCUT2D eigenvalue weighted by Crippen LogP contribution is -2.34. The van der Waals surface area contributed by atoms with Crippen LogP contribution in [0.2, 0.25) is 0 Å². The van der Waals surface area contributed by atoms with Crippen LogP contribution in [0.1, 0.15) is 13.3 Å². The second kappa shape index (κ2) is 5.44. The number of hydrogen-bond acceptors (Lipinski definition) is 5. The Morgan fingerprint density at radius 2 is 2.26 bits per heavy atom. The SMILES string of the molecule is COc1ccc(S(=O)(=O)N2CC(CN)CC2C)cn1. The van der Waals surface area contributed by atoms with Crippen LogP contribution in [0.4, 0.5) is 0 Å². The molecule has 1 aromatic rings. The van der Waals surface area contributed by atoms with E-state index in [2.05, 4.69) is 4.98 Å². The summed E-state index contributed by atoms with van der Waals surface area (Å²) in [6.07, 6.45) is 2.13. The van der Waals surface area contributed by atoms with Crippen molar-refractivity contribution in [3.63, 3.8) is 0 Å². The molecule has 1 aliphatic heterocycles. The summed E-state index contributed by atoms with van der Waals surface area (Å²) in [5, 5.41) is 0. The first-order chi connectivity index (χ1) is 8.98. The largest absolute Gasteiger partial charge is 0.481 e. The van der Waals surface area contributed by atoms with E-state index >= 15 is 0 Å². The van der Waals surface area contributed by atoms with E-state index in [-0.39, 0.29) is 16.9 Å². The van der Waals surface area contributed by atoms with Crippen molar-refractivity contribution < 1.29 is 13.2 Å². The Morgan fingerprint density at radius 1 is 1.53 bits per heavy atom. The normalized spacial score (nSPS) is 24.6. The number of nitrogens with zero attached hydrogens (tertiary/aromatic N) is 2. The minimum atomic E-state index is -3.50. The maximum absolute atomic E-state index is 12.5. The number of ether oxygens (including phenoxy) is 1. The number of sulfonamides is 1. The van der Waals surface area contributed by atoms with Gasteiger partial charge in [-0.1, -0.05) is 0 Å². The first-order valence-corrected chi connectivity index (χ1v) is 7.65. The molecule has 2 heterocycles. The van der Waals surface area contributed by atoms with Crippen molar-refractivity contribution in [1.29, 1.82) is 0 Å². The smallest absolute Gasteiger partial charge is 0.244 e. The molecule has 6 nitrogen and oxygen atoms in total. The van der Waals surface area contributed by atoms with Crippen LogP contribution in [0.15, 0.2) is 23.2 Å². The van der Waals surface area contributed by atoms with Crippen molar-refractivity contribution >= 4 is 10.0 Å². The predicted molar refractivity (Wildman–Crippen MR) is 71.3 cm³/mol. The fourth-order valence-electron chi connectivity index (χ4n) is 2.39. The second-order valence-corrected chi connectivity index (χ2v) is 6.69. The number of hydrogen-bond donors (Lipinski definition) is 1. The Labute approximate surface area is 113 Å². The Balaban J connectivity index is 2.26. The third-order valence-corrected chi connectivity index (χ3v) is 5.43. The molecule has 7 heteroatoms. The first kappa shape index (κ1) is 14.2. The van der Waals surface area contributed by atoms with Crippen LogP contribution in [-0.2, 0) is 10.0 Å². The third-order valence-electron chi connectivity index (χ3n) is 3.46.